The Labute approximate surface area is 193 Å². The van der Waals surface area contributed by atoms with Crippen LogP contribution in [0.2, 0.25) is 0 Å². The van der Waals surface area contributed by atoms with E-state index in [1.165, 1.54) is 22.3 Å². The van der Waals surface area contributed by atoms with E-state index in [0.29, 0.717) is 41.2 Å². The smallest absolute Gasteiger partial charge is 0.341 e. The van der Waals surface area contributed by atoms with Crippen molar-refractivity contribution in [3.8, 4) is 11.5 Å². The normalized spacial score (nSPS) is 15.3. The summed E-state index contributed by atoms with van der Waals surface area (Å²) >= 11 is 1.48. The lowest BCUT2D eigenvalue weighted by Crippen LogP contribution is -2.15. The van der Waals surface area contributed by atoms with Gasteiger partial charge in [-0.25, -0.2) is 4.79 Å². The number of nitrogens with one attached hydrogen (secondary N) is 1. The molecule has 0 saturated heterocycles. The van der Waals surface area contributed by atoms with Crippen molar-refractivity contribution in [1.29, 1.82) is 0 Å². The minimum Gasteiger partial charge on any atom is -0.493 e. The van der Waals surface area contributed by atoms with E-state index in [1.54, 1.807) is 20.1 Å². The molecule has 172 valence electrons. The number of carbonyl (C=O) groups is 2. The molecule has 0 saturated carbocycles. The van der Waals surface area contributed by atoms with Crippen LogP contribution in [0.5, 0.6) is 11.5 Å². The largest absolute Gasteiger partial charge is 0.493 e. The van der Waals surface area contributed by atoms with Gasteiger partial charge in [-0.05, 0) is 67.9 Å². The Morgan fingerprint density at radius 1 is 1.25 bits per heavy atom. The quantitative estimate of drug-likeness (QED) is 0.398. The number of esters is 1. The molecule has 0 unspecified atom stereocenters. The van der Waals surface area contributed by atoms with Gasteiger partial charge in [-0.1, -0.05) is 19.9 Å². The van der Waals surface area contributed by atoms with Crippen LogP contribution in [0.15, 0.2) is 24.3 Å². The van der Waals surface area contributed by atoms with E-state index >= 15 is 0 Å². The average molecular weight is 458 g/mol. The third-order valence-electron chi connectivity index (χ3n) is 5.30. The fraction of sp³-hybridized carbons (Fsp3) is 0.440. The number of ether oxygens (including phenoxy) is 3. The highest BCUT2D eigenvalue weighted by Gasteiger charge is 2.28. The van der Waals surface area contributed by atoms with E-state index in [0.717, 1.165) is 36.8 Å². The molecule has 1 aliphatic carbocycles. The van der Waals surface area contributed by atoms with Crippen LogP contribution >= 0.6 is 11.3 Å². The number of rotatable bonds is 9. The highest BCUT2D eigenvalue weighted by atomic mass is 32.1. The fourth-order valence-electron chi connectivity index (χ4n) is 3.70. The van der Waals surface area contributed by atoms with E-state index in [1.807, 2.05) is 25.1 Å². The van der Waals surface area contributed by atoms with Gasteiger partial charge < -0.3 is 19.5 Å². The maximum Gasteiger partial charge on any atom is 0.341 e. The second kappa shape index (κ2) is 11.2. The predicted molar refractivity (Wildman–Crippen MR) is 128 cm³/mol. The second-order valence-corrected chi connectivity index (χ2v) is 8.96. The predicted octanol–water partition coefficient (Wildman–Crippen LogP) is 5.50. The van der Waals surface area contributed by atoms with Crippen molar-refractivity contribution in [3.63, 3.8) is 0 Å². The van der Waals surface area contributed by atoms with Gasteiger partial charge in [0.25, 0.3) is 0 Å². The Morgan fingerprint density at radius 2 is 2.06 bits per heavy atom. The first-order chi connectivity index (χ1) is 15.5. The van der Waals surface area contributed by atoms with Crippen molar-refractivity contribution in [2.24, 2.45) is 5.92 Å². The zero-order chi connectivity index (χ0) is 23.1. The first-order valence-electron chi connectivity index (χ1n) is 11.1. The summed E-state index contributed by atoms with van der Waals surface area (Å²) in [4.78, 5) is 26.4. The summed E-state index contributed by atoms with van der Waals surface area (Å²) in [6.07, 6.45) is 6.86. The lowest BCUT2D eigenvalue weighted by molar-refractivity contribution is -0.111. The molecule has 0 radical (unpaired) electrons. The molecule has 1 aromatic heterocycles. The molecule has 0 aliphatic heterocycles. The Morgan fingerprint density at radius 3 is 2.78 bits per heavy atom. The molecule has 2 aromatic rings. The maximum absolute atomic E-state index is 12.7. The summed E-state index contributed by atoms with van der Waals surface area (Å²) < 4.78 is 16.3. The number of hydrogen-bond donors (Lipinski definition) is 1. The summed E-state index contributed by atoms with van der Waals surface area (Å²) in [5.74, 6) is 1.19. The van der Waals surface area contributed by atoms with Gasteiger partial charge in [-0.2, -0.15) is 0 Å². The summed E-state index contributed by atoms with van der Waals surface area (Å²) in [6.45, 7) is 6.94. The standard InChI is InChI=1S/C25H31NO5S/c1-5-13-31-19-11-8-17(15-20(19)29-4)9-12-22(27)26-24-23(25(28)30-6-2)18-10-7-16(3)14-21(18)32-24/h8-9,11-12,15-16H,5-7,10,13-14H2,1-4H3,(H,26,27)/b12-9+/t16-/m1/s1. The van der Waals surface area contributed by atoms with E-state index < -0.39 is 0 Å². The maximum atomic E-state index is 12.7. The van der Waals surface area contributed by atoms with E-state index in [-0.39, 0.29) is 11.9 Å². The summed E-state index contributed by atoms with van der Waals surface area (Å²) in [5.41, 5.74) is 2.35. The molecule has 1 aliphatic rings. The number of methoxy groups -OCH3 is 1. The highest BCUT2D eigenvalue weighted by Crippen LogP contribution is 2.40. The number of fused-ring (bicyclic) bond motifs is 1. The molecular weight excluding hydrogens is 426 g/mol. The Bertz CT molecular complexity index is 994. The molecule has 1 N–H and O–H groups in total. The van der Waals surface area contributed by atoms with Gasteiger partial charge in [-0.3, -0.25) is 4.79 Å². The lowest BCUT2D eigenvalue weighted by atomic mass is 9.88. The van der Waals surface area contributed by atoms with Gasteiger partial charge in [0.15, 0.2) is 11.5 Å². The van der Waals surface area contributed by atoms with Crippen molar-refractivity contribution in [2.45, 2.75) is 46.5 Å². The second-order valence-electron chi connectivity index (χ2n) is 7.86. The Hall–Kier alpha value is -2.80. The van der Waals surface area contributed by atoms with Gasteiger partial charge >= 0.3 is 5.97 Å². The van der Waals surface area contributed by atoms with Crippen molar-refractivity contribution in [2.75, 3.05) is 25.6 Å². The van der Waals surface area contributed by atoms with Crippen LogP contribution in [0.4, 0.5) is 5.00 Å². The van der Waals surface area contributed by atoms with Crippen LogP contribution < -0.4 is 14.8 Å². The van der Waals surface area contributed by atoms with Crippen LogP contribution in [0, 0.1) is 5.92 Å². The number of carbonyl (C=O) groups excluding carboxylic acids is 2. The zero-order valence-corrected chi connectivity index (χ0v) is 20.0. The first kappa shape index (κ1) is 23.9. The molecular formula is C25H31NO5S. The van der Waals surface area contributed by atoms with Gasteiger partial charge in [0.1, 0.15) is 5.00 Å². The Balaban J connectivity index is 1.77. The van der Waals surface area contributed by atoms with Crippen molar-refractivity contribution in [3.05, 3.63) is 45.8 Å². The van der Waals surface area contributed by atoms with E-state index in [4.69, 9.17) is 14.2 Å². The minimum absolute atomic E-state index is 0.299. The van der Waals surface area contributed by atoms with Gasteiger partial charge in [0, 0.05) is 11.0 Å². The molecule has 1 atom stereocenters. The van der Waals surface area contributed by atoms with E-state index in [2.05, 4.69) is 12.2 Å². The molecule has 0 spiro atoms. The molecule has 7 heteroatoms. The number of hydrogen-bond acceptors (Lipinski definition) is 6. The van der Waals surface area contributed by atoms with Crippen LogP contribution in [-0.2, 0) is 22.4 Å². The first-order valence-corrected chi connectivity index (χ1v) is 11.9. The van der Waals surface area contributed by atoms with Crippen LogP contribution in [0.25, 0.3) is 6.08 Å². The number of anilines is 1. The molecule has 0 bridgehead atoms. The zero-order valence-electron chi connectivity index (χ0n) is 19.2. The highest BCUT2D eigenvalue weighted by molar-refractivity contribution is 7.17. The Kier molecular flexibility index (Phi) is 8.33. The third kappa shape index (κ3) is 5.71. The average Bonchev–Trinajstić information content (AvgIpc) is 3.13. The topological polar surface area (TPSA) is 73.9 Å². The summed E-state index contributed by atoms with van der Waals surface area (Å²) in [5, 5.41) is 3.46. The van der Waals surface area contributed by atoms with E-state index in [9.17, 15) is 9.59 Å². The van der Waals surface area contributed by atoms with Gasteiger partial charge in [0.2, 0.25) is 5.91 Å². The lowest BCUT2D eigenvalue weighted by Gasteiger charge is -2.18. The molecule has 3 rings (SSSR count). The third-order valence-corrected chi connectivity index (χ3v) is 6.47. The fourth-order valence-corrected chi connectivity index (χ4v) is 5.10. The minimum atomic E-state index is -0.369. The number of benzene rings is 1. The molecule has 1 aromatic carbocycles. The van der Waals surface area contributed by atoms with Crippen LogP contribution in [0.1, 0.15) is 60.0 Å². The monoisotopic (exact) mass is 457 g/mol. The molecule has 32 heavy (non-hydrogen) atoms. The van der Waals surface area contributed by atoms with Crippen molar-refractivity contribution >= 4 is 34.3 Å². The molecule has 6 nitrogen and oxygen atoms in total. The number of thiophene rings is 1. The van der Waals surface area contributed by atoms with Gasteiger partial charge in [0.05, 0.1) is 25.9 Å². The number of amides is 1. The SMILES string of the molecule is CCCOc1ccc(/C=C/C(=O)Nc2sc3c(c2C(=O)OCC)CC[C@@H](C)C3)cc1OC. The van der Waals surface area contributed by atoms with Crippen molar-refractivity contribution < 1.29 is 23.8 Å². The van der Waals surface area contributed by atoms with Crippen LogP contribution in [0.3, 0.4) is 0 Å². The molecule has 1 heterocycles. The van der Waals surface area contributed by atoms with Crippen molar-refractivity contribution in [1.82, 2.24) is 0 Å². The summed E-state index contributed by atoms with van der Waals surface area (Å²) in [6, 6.07) is 5.52. The molecule has 1 amide bonds. The molecule has 0 fully saturated rings. The summed E-state index contributed by atoms with van der Waals surface area (Å²) in [7, 11) is 1.59. The van der Waals surface area contributed by atoms with Gasteiger partial charge in [-0.15, -0.1) is 11.3 Å². The van der Waals surface area contributed by atoms with Crippen LogP contribution in [-0.4, -0.2) is 32.2 Å².